The first-order valence-electron chi connectivity index (χ1n) is 13.2. The predicted octanol–water partition coefficient (Wildman–Crippen LogP) is 5.85. The van der Waals surface area contributed by atoms with Gasteiger partial charge in [-0.3, -0.25) is 4.79 Å². The number of amides is 1. The Bertz CT molecular complexity index is 1550. The summed E-state index contributed by atoms with van der Waals surface area (Å²) in [5.41, 5.74) is 4.84. The summed E-state index contributed by atoms with van der Waals surface area (Å²) < 4.78 is 22.7. The normalized spacial score (nSPS) is 11.3. The van der Waals surface area contributed by atoms with Crippen LogP contribution in [0.1, 0.15) is 21.6 Å². The van der Waals surface area contributed by atoms with Gasteiger partial charge in [-0.25, -0.2) is 9.37 Å². The monoisotopic (exact) mass is 524 g/mol. The molecule has 7 heteroatoms. The number of likely N-dealkylation sites (N-methyl/N-ethyl adjacent to an activating group) is 1. The van der Waals surface area contributed by atoms with E-state index in [1.807, 2.05) is 56.1 Å². The molecule has 0 radical (unpaired) electrons. The average molecular weight is 525 g/mol. The highest BCUT2D eigenvalue weighted by Crippen LogP contribution is 2.32. The maximum absolute atomic E-state index is 13.5. The Kier molecular flexibility index (Phi) is 8.18. The Morgan fingerprint density at radius 3 is 2.56 bits per heavy atom. The summed E-state index contributed by atoms with van der Waals surface area (Å²) in [4.78, 5) is 19.6. The molecule has 39 heavy (non-hydrogen) atoms. The molecule has 0 aliphatic heterocycles. The quantitative estimate of drug-likeness (QED) is 0.218. The van der Waals surface area contributed by atoms with E-state index in [0.717, 1.165) is 52.5 Å². The van der Waals surface area contributed by atoms with Gasteiger partial charge >= 0.3 is 0 Å². The molecule has 200 valence electrons. The lowest BCUT2D eigenvalue weighted by atomic mass is 9.97. The first kappa shape index (κ1) is 26.4. The molecule has 2 heterocycles. The van der Waals surface area contributed by atoms with Crippen LogP contribution < -0.4 is 0 Å². The Hall–Kier alpha value is -4.23. The number of hydrogen-bond acceptors (Lipinski definition) is 3. The summed E-state index contributed by atoms with van der Waals surface area (Å²) >= 11 is 0. The molecule has 2 aromatic heterocycles. The molecule has 0 atom stereocenters. The third-order valence-electron chi connectivity index (χ3n) is 7.15. The van der Waals surface area contributed by atoms with E-state index < -0.39 is 0 Å². The third-order valence-corrected chi connectivity index (χ3v) is 7.15. The molecular weight excluding hydrogens is 491 g/mol. The van der Waals surface area contributed by atoms with E-state index in [9.17, 15) is 9.18 Å². The zero-order valence-electron chi connectivity index (χ0n) is 22.4. The number of benzene rings is 3. The highest BCUT2D eigenvalue weighted by molar-refractivity contribution is 6.05. The standard InChI is InChI=1S/C32H33FN4O2/c1-35(18-19-39-2)32(38)31-22-36(21-30(31)29-9-5-7-25-6-3-4-8-28(25)29)16-15-27-20-34-23-37(27)17-14-24-10-12-26(33)13-11-24/h3-13,20-23H,14-19H2,1-2H3. The Balaban J connectivity index is 1.39. The van der Waals surface area contributed by atoms with E-state index >= 15 is 0 Å². The number of carbonyl (C=O) groups is 1. The van der Waals surface area contributed by atoms with Gasteiger partial charge in [-0.15, -0.1) is 0 Å². The van der Waals surface area contributed by atoms with Crippen molar-refractivity contribution >= 4 is 16.7 Å². The van der Waals surface area contributed by atoms with Crippen molar-refractivity contribution in [2.75, 3.05) is 27.3 Å². The van der Waals surface area contributed by atoms with Crippen molar-refractivity contribution in [2.24, 2.45) is 0 Å². The van der Waals surface area contributed by atoms with Crippen LogP contribution in [0.15, 0.2) is 91.6 Å². The van der Waals surface area contributed by atoms with E-state index in [0.29, 0.717) is 25.3 Å². The summed E-state index contributed by atoms with van der Waals surface area (Å²) in [6.45, 7) is 2.47. The topological polar surface area (TPSA) is 52.3 Å². The fourth-order valence-corrected chi connectivity index (χ4v) is 4.92. The number of nitrogens with zero attached hydrogens (tertiary/aromatic N) is 4. The van der Waals surface area contributed by atoms with Crippen LogP contribution in [-0.2, 0) is 30.7 Å². The van der Waals surface area contributed by atoms with Crippen molar-refractivity contribution in [3.63, 3.8) is 0 Å². The molecule has 5 rings (SSSR count). The first-order valence-corrected chi connectivity index (χ1v) is 13.2. The van der Waals surface area contributed by atoms with Crippen LogP contribution in [-0.4, -0.2) is 52.2 Å². The maximum atomic E-state index is 13.5. The molecular formula is C32H33FN4O2. The molecule has 0 unspecified atom stereocenters. The number of imidazole rings is 1. The van der Waals surface area contributed by atoms with Gasteiger partial charge < -0.3 is 18.8 Å². The highest BCUT2D eigenvalue weighted by Gasteiger charge is 2.21. The molecule has 6 nitrogen and oxygen atoms in total. The number of carbonyl (C=O) groups excluding carboxylic acids is 1. The first-order chi connectivity index (χ1) is 19.0. The van der Waals surface area contributed by atoms with Gasteiger partial charge in [0.05, 0.1) is 18.5 Å². The minimum atomic E-state index is -0.223. The minimum Gasteiger partial charge on any atom is -0.383 e. The van der Waals surface area contributed by atoms with E-state index in [1.54, 1.807) is 12.0 Å². The Morgan fingerprint density at radius 2 is 1.74 bits per heavy atom. The number of hydrogen-bond donors (Lipinski definition) is 0. The van der Waals surface area contributed by atoms with E-state index in [2.05, 4.69) is 44.6 Å². The van der Waals surface area contributed by atoms with Crippen LogP contribution >= 0.6 is 0 Å². The third kappa shape index (κ3) is 6.10. The summed E-state index contributed by atoms with van der Waals surface area (Å²) in [5, 5.41) is 2.25. The van der Waals surface area contributed by atoms with Crippen molar-refractivity contribution < 1.29 is 13.9 Å². The molecule has 5 aromatic rings. The number of aryl methyl sites for hydroxylation is 4. The predicted molar refractivity (Wildman–Crippen MR) is 152 cm³/mol. The van der Waals surface area contributed by atoms with Crippen molar-refractivity contribution in [1.82, 2.24) is 19.0 Å². The van der Waals surface area contributed by atoms with Gasteiger partial charge in [-0.1, -0.05) is 54.6 Å². The second kappa shape index (κ2) is 12.1. The minimum absolute atomic E-state index is 0.0296. The number of aromatic nitrogens is 3. The lowest BCUT2D eigenvalue weighted by Gasteiger charge is -2.17. The fourth-order valence-electron chi connectivity index (χ4n) is 4.92. The second-order valence-electron chi connectivity index (χ2n) is 9.77. The van der Waals surface area contributed by atoms with Gasteiger partial charge in [0, 0.05) is 70.1 Å². The van der Waals surface area contributed by atoms with Crippen LogP contribution in [0.3, 0.4) is 0 Å². The summed E-state index contributed by atoms with van der Waals surface area (Å²) in [7, 11) is 3.45. The maximum Gasteiger partial charge on any atom is 0.255 e. The molecule has 0 N–H and O–H groups in total. The van der Waals surface area contributed by atoms with Gasteiger partial charge in [-0.05, 0) is 40.5 Å². The van der Waals surface area contributed by atoms with Gasteiger partial charge in [0.25, 0.3) is 5.91 Å². The molecule has 0 fully saturated rings. The summed E-state index contributed by atoms with van der Waals surface area (Å²) in [5.74, 6) is -0.252. The molecule has 0 bridgehead atoms. The number of rotatable bonds is 11. The van der Waals surface area contributed by atoms with Gasteiger partial charge in [0.15, 0.2) is 0 Å². The zero-order chi connectivity index (χ0) is 27.2. The molecule has 0 saturated carbocycles. The smallest absolute Gasteiger partial charge is 0.255 e. The number of ether oxygens (including phenoxy) is 1. The Morgan fingerprint density at radius 1 is 0.949 bits per heavy atom. The van der Waals surface area contributed by atoms with E-state index in [-0.39, 0.29) is 11.7 Å². The van der Waals surface area contributed by atoms with Gasteiger partial charge in [0.1, 0.15) is 5.82 Å². The van der Waals surface area contributed by atoms with Crippen LogP contribution in [0.4, 0.5) is 4.39 Å². The van der Waals surface area contributed by atoms with Crippen LogP contribution in [0.5, 0.6) is 0 Å². The number of methoxy groups -OCH3 is 1. The highest BCUT2D eigenvalue weighted by atomic mass is 19.1. The fraction of sp³-hybridized carbons (Fsp3) is 0.250. The lowest BCUT2D eigenvalue weighted by Crippen LogP contribution is -2.30. The Labute approximate surface area is 228 Å². The molecule has 0 aliphatic carbocycles. The summed E-state index contributed by atoms with van der Waals surface area (Å²) in [6, 6.07) is 21.1. The molecule has 1 amide bonds. The molecule has 0 aliphatic rings. The van der Waals surface area contributed by atoms with E-state index in [1.165, 1.54) is 12.1 Å². The van der Waals surface area contributed by atoms with Crippen molar-refractivity contribution in [1.29, 1.82) is 0 Å². The average Bonchev–Trinajstić information content (AvgIpc) is 3.60. The molecule has 3 aromatic carbocycles. The van der Waals surface area contributed by atoms with Gasteiger partial charge in [0.2, 0.25) is 0 Å². The van der Waals surface area contributed by atoms with Crippen LogP contribution in [0.2, 0.25) is 0 Å². The van der Waals surface area contributed by atoms with Crippen LogP contribution in [0, 0.1) is 5.82 Å². The number of halogens is 1. The van der Waals surface area contributed by atoms with Crippen molar-refractivity contribution in [2.45, 2.75) is 25.9 Å². The van der Waals surface area contributed by atoms with Crippen molar-refractivity contribution in [3.8, 4) is 11.1 Å². The largest absolute Gasteiger partial charge is 0.383 e. The summed E-state index contributed by atoms with van der Waals surface area (Å²) in [6.07, 6.45) is 9.34. The van der Waals surface area contributed by atoms with Crippen molar-refractivity contribution in [3.05, 3.63) is 114 Å². The molecule has 0 saturated heterocycles. The second-order valence-corrected chi connectivity index (χ2v) is 9.77. The van der Waals surface area contributed by atoms with Crippen LogP contribution in [0.25, 0.3) is 21.9 Å². The molecule has 0 spiro atoms. The van der Waals surface area contributed by atoms with E-state index in [4.69, 9.17) is 4.74 Å². The number of fused-ring (bicyclic) bond motifs is 1. The lowest BCUT2D eigenvalue weighted by molar-refractivity contribution is 0.0745. The SMILES string of the molecule is COCCN(C)C(=O)c1cn(CCc2cncn2CCc2ccc(F)cc2)cc1-c1cccc2ccccc12. The zero-order valence-corrected chi connectivity index (χ0v) is 22.4. The van der Waals surface area contributed by atoms with Gasteiger partial charge in [-0.2, -0.15) is 0 Å².